The fourth-order valence-electron chi connectivity index (χ4n) is 5.76. The fraction of sp³-hybridized carbons (Fsp3) is 0.324. The Balaban J connectivity index is 1.34. The zero-order valence-corrected chi connectivity index (χ0v) is 26.4. The number of nitrogens with zero attached hydrogens (tertiary/aromatic N) is 1. The third-order valence-corrected chi connectivity index (χ3v) is 8.36. The normalized spacial score (nSPS) is 13.9. The average molecular weight is 656 g/mol. The van der Waals surface area contributed by atoms with Crippen LogP contribution in [0.3, 0.4) is 0 Å². The number of carboxylic acid groups (broad SMARTS) is 1. The van der Waals surface area contributed by atoms with Gasteiger partial charge in [-0.25, -0.2) is 9.78 Å². The molecule has 14 heteroatoms. The lowest BCUT2D eigenvalue weighted by Crippen LogP contribution is -2.58. The van der Waals surface area contributed by atoms with Gasteiger partial charge < -0.3 is 47.5 Å². The number of carboxylic acids is 1. The number of hydrogen-bond acceptors (Lipinski definition) is 7. The standard InChI is InChI=1S/C34H41N9O5/c35-12-6-5-11-28(32(45)43-30(34(47)48)15-22-18-37-19-40-22)41-33(46)29(14-21-17-39-27-10-4-2-8-24(21)27)42-31(44)25(36)13-20-16-38-26-9-3-1-7-23(20)26/h1-4,7-10,16-19,25,28-30,38-39H,5-6,11-15,35-36H2,(H,37,40)(H,41,46)(H,42,44)(H,43,45)(H,47,48). The van der Waals surface area contributed by atoms with Crippen molar-refractivity contribution in [2.24, 2.45) is 11.5 Å². The van der Waals surface area contributed by atoms with E-state index >= 15 is 0 Å². The maximum atomic E-state index is 14.0. The first-order valence-corrected chi connectivity index (χ1v) is 15.9. The Bertz CT molecular complexity index is 1850. The quantitative estimate of drug-likeness (QED) is 0.0662. The molecule has 0 fully saturated rings. The van der Waals surface area contributed by atoms with Crippen molar-refractivity contribution in [1.82, 2.24) is 35.9 Å². The van der Waals surface area contributed by atoms with Crippen LogP contribution in [-0.4, -0.2) is 79.4 Å². The lowest BCUT2D eigenvalue weighted by atomic mass is 10.0. The zero-order chi connectivity index (χ0) is 34.0. The van der Waals surface area contributed by atoms with Gasteiger partial charge >= 0.3 is 5.97 Å². The second-order valence-corrected chi connectivity index (χ2v) is 11.8. The Morgan fingerprint density at radius 1 is 0.729 bits per heavy atom. The van der Waals surface area contributed by atoms with Gasteiger partial charge in [-0.2, -0.15) is 0 Å². The van der Waals surface area contributed by atoms with Crippen molar-refractivity contribution >= 4 is 45.5 Å². The summed E-state index contributed by atoms with van der Waals surface area (Å²) in [6.07, 6.45) is 8.10. The Hall–Kier alpha value is -5.47. The molecular weight excluding hydrogens is 614 g/mol. The van der Waals surface area contributed by atoms with Crippen LogP contribution >= 0.6 is 0 Å². The molecule has 0 aliphatic heterocycles. The molecule has 11 N–H and O–H groups in total. The summed E-state index contributed by atoms with van der Waals surface area (Å²) in [7, 11) is 0. The number of amides is 3. The topological polar surface area (TPSA) is 237 Å². The molecule has 4 unspecified atom stereocenters. The summed E-state index contributed by atoms with van der Waals surface area (Å²) in [4.78, 5) is 66.1. The molecule has 0 aliphatic rings. The van der Waals surface area contributed by atoms with E-state index in [0.29, 0.717) is 25.1 Å². The number of H-pyrrole nitrogens is 3. The van der Waals surface area contributed by atoms with Gasteiger partial charge in [0, 0.05) is 58.9 Å². The summed E-state index contributed by atoms with van der Waals surface area (Å²) in [6, 6.07) is 10.9. The van der Waals surface area contributed by atoms with Crippen LogP contribution in [0.4, 0.5) is 0 Å². The van der Waals surface area contributed by atoms with E-state index in [1.807, 2.05) is 54.7 Å². The van der Waals surface area contributed by atoms with E-state index in [-0.39, 0.29) is 25.7 Å². The molecule has 14 nitrogen and oxygen atoms in total. The molecule has 3 aromatic heterocycles. The largest absolute Gasteiger partial charge is 0.480 e. The van der Waals surface area contributed by atoms with E-state index in [0.717, 1.165) is 32.9 Å². The van der Waals surface area contributed by atoms with Crippen molar-refractivity contribution in [1.29, 1.82) is 0 Å². The number of para-hydroxylation sites is 2. The highest BCUT2D eigenvalue weighted by Crippen LogP contribution is 2.21. The van der Waals surface area contributed by atoms with Crippen LogP contribution in [0.1, 0.15) is 36.1 Å². The van der Waals surface area contributed by atoms with Gasteiger partial charge in [0.1, 0.15) is 18.1 Å². The number of rotatable bonds is 17. The zero-order valence-electron chi connectivity index (χ0n) is 26.4. The summed E-state index contributed by atoms with van der Waals surface area (Å²) in [5.74, 6) is -3.05. The Morgan fingerprint density at radius 2 is 1.31 bits per heavy atom. The number of imidazole rings is 1. The highest BCUT2D eigenvalue weighted by atomic mass is 16.4. The molecule has 48 heavy (non-hydrogen) atoms. The minimum absolute atomic E-state index is 0.0297. The third-order valence-electron chi connectivity index (χ3n) is 8.36. The van der Waals surface area contributed by atoms with E-state index in [9.17, 15) is 24.3 Å². The van der Waals surface area contributed by atoms with E-state index < -0.39 is 47.9 Å². The van der Waals surface area contributed by atoms with Gasteiger partial charge in [0.25, 0.3) is 0 Å². The molecule has 2 aromatic carbocycles. The molecule has 3 heterocycles. The molecule has 3 amide bonds. The van der Waals surface area contributed by atoms with Crippen LogP contribution in [0.25, 0.3) is 21.8 Å². The lowest BCUT2D eigenvalue weighted by molar-refractivity contribution is -0.142. The van der Waals surface area contributed by atoms with Gasteiger partial charge in [0.05, 0.1) is 12.4 Å². The first-order valence-electron chi connectivity index (χ1n) is 15.9. The Labute approximate surface area is 276 Å². The summed E-state index contributed by atoms with van der Waals surface area (Å²) in [6.45, 7) is 0.382. The van der Waals surface area contributed by atoms with Crippen molar-refractivity contribution in [3.8, 4) is 0 Å². The highest BCUT2D eigenvalue weighted by molar-refractivity contribution is 5.95. The number of carbonyl (C=O) groups excluding carboxylic acids is 3. The summed E-state index contributed by atoms with van der Waals surface area (Å²) < 4.78 is 0. The summed E-state index contributed by atoms with van der Waals surface area (Å²) in [5, 5.41) is 19.8. The fourth-order valence-corrected chi connectivity index (χ4v) is 5.76. The number of benzene rings is 2. The third kappa shape index (κ3) is 8.46. The first kappa shape index (κ1) is 33.9. The number of hydrogen-bond donors (Lipinski definition) is 9. The molecule has 0 spiro atoms. The number of carbonyl (C=O) groups is 4. The van der Waals surface area contributed by atoms with Crippen LogP contribution in [0.2, 0.25) is 0 Å². The van der Waals surface area contributed by atoms with Crippen LogP contribution < -0.4 is 27.4 Å². The Kier molecular flexibility index (Phi) is 11.2. The molecule has 0 saturated heterocycles. The molecule has 0 radical (unpaired) electrons. The summed E-state index contributed by atoms with van der Waals surface area (Å²) >= 11 is 0. The van der Waals surface area contributed by atoms with Crippen molar-refractivity contribution in [2.75, 3.05) is 6.54 Å². The van der Waals surface area contributed by atoms with E-state index in [1.165, 1.54) is 12.5 Å². The smallest absolute Gasteiger partial charge is 0.326 e. The van der Waals surface area contributed by atoms with Crippen molar-refractivity contribution in [3.05, 3.63) is 90.3 Å². The lowest BCUT2D eigenvalue weighted by Gasteiger charge is -2.25. The van der Waals surface area contributed by atoms with E-state index in [2.05, 4.69) is 35.9 Å². The summed E-state index contributed by atoms with van der Waals surface area (Å²) in [5.41, 5.74) is 16.0. The number of aliphatic carboxylic acids is 1. The molecule has 5 rings (SSSR count). The second kappa shape index (κ2) is 15.9. The minimum atomic E-state index is -1.27. The van der Waals surface area contributed by atoms with Crippen molar-refractivity contribution < 1.29 is 24.3 Å². The average Bonchev–Trinajstić information content (AvgIpc) is 3.84. The van der Waals surface area contributed by atoms with Gasteiger partial charge in [0.2, 0.25) is 17.7 Å². The SMILES string of the molecule is NCCCCC(NC(=O)C(Cc1c[nH]c2ccccc12)NC(=O)C(N)Cc1c[nH]c2ccccc12)C(=O)NC(Cc1cnc[nH]1)C(=O)O. The molecule has 0 aliphatic carbocycles. The van der Waals surface area contributed by atoms with Gasteiger partial charge in [-0.1, -0.05) is 36.4 Å². The molecule has 5 aromatic rings. The number of nitrogens with one attached hydrogen (secondary N) is 6. The van der Waals surface area contributed by atoms with Gasteiger partial charge in [0.15, 0.2) is 0 Å². The molecule has 0 saturated carbocycles. The van der Waals surface area contributed by atoms with E-state index in [4.69, 9.17) is 11.5 Å². The van der Waals surface area contributed by atoms with Gasteiger partial charge in [-0.05, 0) is 55.5 Å². The van der Waals surface area contributed by atoms with Crippen molar-refractivity contribution in [2.45, 2.75) is 62.7 Å². The second-order valence-electron chi connectivity index (χ2n) is 11.8. The maximum Gasteiger partial charge on any atom is 0.326 e. The number of unbranched alkanes of at least 4 members (excludes halogenated alkanes) is 1. The predicted octanol–water partition coefficient (Wildman–Crippen LogP) is 1.40. The predicted molar refractivity (Wildman–Crippen MR) is 181 cm³/mol. The van der Waals surface area contributed by atoms with Gasteiger partial charge in [-0.3, -0.25) is 14.4 Å². The monoisotopic (exact) mass is 655 g/mol. The maximum absolute atomic E-state index is 14.0. The first-order chi connectivity index (χ1) is 23.2. The van der Waals surface area contributed by atoms with Crippen molar-refractivity contribution in [3.63, 3.8) is 0 Å². The van der Waals surface area contributed by atoms with Crippen LogP contribution in [0.5, 0.6) is 0 Å². The molecule has 252 valence electrons. The van der Waals surface area contributed by atoms with Crippen LogP contribution in [-0.2, 0) is 38.4 Å². The van der Waals surface area contributed by atoms with Crippen LogP contribution in [0, 0.1) is 0 Å². The molecule has 4 atom stereocenters. The number of aromatic nitrogens is 4. The number of fused-ring (bicyclic) bond motifs is 2. The van der Waals surface area contributed by atoms with Gasteiger partial charge in [-0.15, -0.1) is 0 Å². The van der Waals surface area contributed by atoms with Crippen LogP contribution in [0.15, 0.2) is 73.4 Å². The Morgan fingerprint density at radius 3 is 1.92 bits per heavy atom. The molecule has 0 bridgehead atoms. The molecular formula is C34H41N9O5. The minimum Gasteiger partial charge on any atom is -0.480 e. The number of nitrogens with two attached hydrogens (primary N) is 2. The highest BCUT2D eigenvalue weighted by Gasteiger charge is 2.31. The van der Waals surface area contributed by atoms with E-state index in [1.54, 1.807) is 6.20 Å². The number of aromatic amines is 3.